The minimum absolute atomic E-state index is 0.293. The lowest BCUT2D eigenvalue weighted by Gasteiger charge is -2.20. The molecule has 2 saturated heterocycles. The number of hydrogen-bond acceptors (Lipinski definition) is 6. The van der Waals surface area contributed by atoms with Gasteiger partial charge in [0, 0.05) is 25.7 Å². The molecule has 0 saturated carbocycles. The predicted octanol–water partition coefficient (Wildman–Crippen LogP) is -1.23. The molecule has 2 fully saturated rings. The zero-order chi connectivity index (χ0) is 12.2. The largest absolute Gasteiger partial charge is 0.310 e. The van der Waals surface area contributed by atoms with Crippen molar-refractivity contribution in [2.45, 2.75) is 18.1 Å². The lowest BCUT2D eigenvalue weighted by atomic mass is 10.0. The average Bonchev–Trinajstić information content (AvgIpc) is 3.09. The predicted molar refractivity (Wildman–Crippen MR) is 70.2 cm³/mol. The van der Waals surface area contributed by atoms with E-state index in [1.165, 1.54) is 5.56 Å². The highest BCUT2D eigenvalue weighted by molar-refractivity contribution is 5.21. The molecule has 0 amide bonds. The van der Waals surface area contributed by atoms with Gasteiger partial charge in [0.2, 0.25) is 0 Å². The van der Waals surface area contributed by atoms with Crippen LogP contribution in [0.3, 0.4) is 0 Å². The van der Waals surface area contributed by atoms with Crippen molar-refractivity contribution in [3.8, 4) is 0 Å². The fourth-order valence-corrected chi connectivity index (χ4v) is 2.44. The van der Waals surface area contributed by atoms with E-state index in [1.807, 2.05) is 6.07 Å². The first-order valence-electron chi connectivity index (χ1n) is 6.43. The van der Waals surface area contributed by atoms with Crippen LogP contribution in [-0.4, -0.2) is 31.7 Å². The van der Waals surface area contributed by atoms with Crippen LogP contribution in [0.25, 0.3) is 0 Å². The molecule has 2 unspecified atom stereocenters. The van der Waals surface area contributed by atoms with E-state index in [1.54, 1.807) is 0 Å². The molecular weight excluding hydrogens is 228 g/mol. The fraction of sp³-hybridized carbons (Fsp3) is 0.500. The molecule has 0 bridgehead atoms. The van der Waals surface area contributed by atoms with Crippen LogP contribution in [0, 0.1) is 0 Å². The van der Waals surface area contributed by atoms with Crippen molar-refractivity contribution in [3.05, 3.63) is 35.9 Å². The van der Waals surface area contributed by atoms with Crippen LogP contribution < -0.4 is 32.6 Å². The molecule has 0 radical (unpaired) electrons. The average molecular weight is 248 g/mol. The van der Waals surface area contributed by atoms with Crippen LogP contribution in [0.15, 0.2) is 30.3 Å². The third-order valence-electron chi connectivity index (χ3n) is 3.49. The Labute approximate surface area is 107 Å². The maximum atomic E-state index is 3.56. The van der Waals surface area contributed by atoms with E-state index in [2.05, 4.69) is 56.8 Å². The molecule has 2 heterocycles. The van der Waals surface area contributed by atoms with Crippen molar-refractivity contribution in [2.24, 2.45) is 0 Å². The summed E-state index contributed by atoms with van der Waals surface area (Å²) < 4.78 is 0. The highest BCUT2D eigenvalue weighted by Crippen LogP contribution is 2.17. The van der Waals surface area contributed by atoms with Gasteiger partial charge in [0.1, 0.15) is 0 Å². The summed E-state index contributed by atoms with van der Waals surface area (Å²) >= 11 is 0. The highest BCUT2D eigenvalue weighted by atomic mass is 15.7. The van der Waals surface area contributed by atoms with E-state index in [4.69, 9.17) is 0 Å². The van der Waals surface area contributed by atoms with Crippen LogP contribution in [0.4, 0.5) is 0 Å². The topological polar surface area (TPSA) is 72.2 Å². The summed E-state index contributed by atoms with van der Waals surface area (Å²) in [5, 5.41) is 3.56. The number of benzene rings is 1. The van der Waals surface area contributed by atoms with Gasteiger partial charge in [-0.1, -0.05) is 30.3 Å². The van der Waals surface area contributed by atoms with Crippen LogP contribution in [0.2, 0.25) is 0 Å². The molecule has 3 rings (SSSR count). The molecule has 6 N–H and O–H groups in total. The molecule has 0 aliphatic carbocycles. The number of hydrazine groups is 3. The third-order valence-corrected chi connectivity index (χ3v) is 3.49. The van der Waals surface area contributed by atoms with Gasteiger partial charge in [-0.25, -0.2) is 10.9 Å². The summed E-state index contributed by atoms with van der Waals surface area (Å²) in [6.45, 7) is 2.88. The lowest BCUT2D eigenvalue weighted by molar-refractivity contribution is 0.450. The van der Waals surface area contributed by atoms with Crippen molar-refractivity contribution in [1.29, 1.82) is 0 Å². The smallest absolute Gasteiger partial charge is 0.0655 e. The SMILES string of the molecule is c1ccc(C2NNNC2CNC2CNNC2)cc1. The van der Waals surface area contributed by atoms with Crippen LogP contribution in [0.5, 0.6) is 0 Å². The van der Waals surface area contributed by atoms with Crippen LogP contribution >= 0.6 is 0 Å². The summed E-state index contributed by atoms with van der Waals surface area (Å²) in [6, 6.07) is 11.6. The fourth-order valence-electron chi connectivity index (χ4n) is 2.44. The van der Waals surface area contributed by atoms with Gasteiger partial charge < -0.3 is 5.32 Å². The molecule has 18 heavy (non-hydrogen) atoms. The molecule has 6 nitrogen and oxygen atoms in total. The van der Waals surface area contributed by atoms with Gasteiger partial charge in [-0.2, -0.15) is 5.53 Å². The molecule has 0 aromatic heterocycles. The molecular formula is C12H20N6. The lowest BCUT2D eigenvalue weighted by Crippen LogP contribution is -2.45. The van der Waals surface area contributed by atoms with E-state index in [9.17, 15) is 0 Å². The minimum Gasteiger partial charge on any atom is -0.310 e. The molecule has 6 heteroatoms. The first-order chi connectivity index (χ1) is 8.93. The van der Waals surface area contributed by atoms with Gasteiger partial charge in [0.25, 0.3) is 0 Å². The van der Waals surface area contributed by atoms with Crippen molar-refractivity contribution in [3.63, 3.8) is 0 Å². The van der Waals surface area contributed by atoms with Gasteiger partial charge >= 0.3 is 0 Å². The second-order valence-electron chi connectivity index (χ2n) is 4.78. The Balaban J connectivity index is 1.57. The summed E-state index contributed by atoms with van der Waals surface area (Å²) in [6.07, 6.45) is 0. The standard InChI is InChI=1S/C12H20N6/c1-2-4-9(5-3-1)12-11(16-18-17-12)8-13-10-6-14-15-7-10/h1-5,10-18H,6-8H2. The molecule has 1 aromatic carbocycles. The first-order valence-corrected chi connectivity index (χ1v) is 6.43. The van der Waals surface area contributed by atoms with Crippen molar-refractivity contribution < 1.29 is 0 Å². The summed E-state index contributed by atoms with van der Waals surface area (Å²) in [4.78, 5) is 0. The Morgan fingerprint density at radius 2 is 1.83 bits per heavy atom. The zero-order valence-corrected chi connectivity index (χ0v) is 10.2. The summed E-state index contributed by atoms with van der Waals surface area (Å²) in [7, 11) is 0. The van der Waals surface area contributed by atoms with Crippen LogP contribution in [-0.2, 0) is 0 Å². The second-order valence-corrected chi connectivity index (χ2v) is 4.78. The Bertz CT molecular complexity index is 364. The van der Waals surface area contributed by atoms with Gasteiger partial charge in [-0.3, -0.25) is 10.9 Å². The molecule has 2 aliphatic heterocycles. The maximum Gasteiger partial charge on any atom is 0.0655 e. The Kier molecular flexibility index (Phi) is 3.84. The highest BCUT2D eigenvalue weighted by Gasteiger charge is 2.28. The maximum absolute atomic E-state index is 3.56. The number of nitrogens with one attached hydrogen (secondary N) is 6. The van der Waals surface area contributed by atoms with E-state index < -0.39 is 0 Å². The molecule has 2 aliphatic rings. The minimum atomic E-state index is 0.293. The van der Waals surface area contributed by atoms with Gasteiger partial charge in [0.15, 0.2) is 0 Å². The first kappa shape index (κ1) is 12.0. The normalized spacial score (nSPS) is 28.9. The zero-order valence-electron chi connectivity index (χ0n) is 10.2. The summed E-state index contributed by atoms with van der Waals surface area (Å²) in [5.41, 5.74) is 17.1. The van der Waals surface area contributed by atoms with Crippen molar-refractivity contribution in [1.82, 2.24) is 32.6 Å². The molecule has 98 valence electrons. The number of hydrogen-bond donors (Lipinski definition) is 6. The van der Waals surface area contributed by atoms with Gasteiger partial charge in [-0.15, -0.1) is 0 Å². The van der Waals surface area contributed by atoms with E-state index in [0.717, 1.165) is 19.6 Å². The van der Waals surface area contributed by atoms with Gasteiger partial charge in [-0.05, 0) is 5.56 Å². The Morgan fingerprint density at radius 1 is 1.06 bits per heavy atom. The Hall–Kier alpha value is -1.02. The van der Waals surface area contributed by atoms with E-state index in [0.29, 0.717) is 18.1 Å². The second kappa shape index (κ2) is 5.75. The monoisotopic (exact) mass is 248 g/mol. The van der Waals surface area contributed by atoms with Crippen LogP contribution in [0.1, 0.15) is 11.6 Å². The number of rotatable bonds is 4. The van der Waals surface area contributed by atoms with Gasteiger partial charge in [0.05, 0.1) is 12.1 Å². The van der Waals surface area contributed by atoms with E-state index >= 15 is 0 Å². The van der Waals surface area contributed by atoms with Crippen molar-refractivity contribution in [2.75, 3.05) is 19.6 Å². The quantitative estimate of drug-likeness (QED) is 0.401. The van der Waals surface area contributed by atoms with E-state index in [-0.39, 0.29) is 0 Å². The summed E-state index contributed by atoms with van der Waals surface area (Å²) in [5.74, 6) is 0. The third kappa shape index (κ3) is 2.69. The molecule has 2 atom stereocenters. The molecule has 1 aromatic rings. The Morgan fingerprint density at radius 3 is 2.61 bits per heavy atom. The molecule has 0 spiro atoms. The van der Waals surface area contributed by atoms with Crippen molar-refractivity contribution >= 4 is 0 Å².